The molecule has 1 amide bonds. The standard InChI is InChI=1S/C19H18N4O/c1-14-20-12-16-13-23(10-7-18(16)21-14)19(24)15-5-4-6-17(11-15)22-8-2-3-9-22/h2-6,8-9,11-12H,7,10,13H2,1H3. The van der Waals surface area contributed by atoms with Gasteiger partial charge in [0.1, 0.15) is 5.82 Å². The van der Waals surface area contributed by atoms with Crippen molar-refractivity contribution in [1.82, 2.24) is 19.4 Å². The van der Waals surface area contributed by atoms with Crippen molar-refractivity contribution in [2.24, 2.45) is 0 Å². The van der Waals surface area contributed by atoms with Crippen molar-refractivity contribution in [3.63, 3.8) is 0 Å². The number of benzene rings is 1. The molecule has 0 N–H and O–H groups in total. The highest BCUT2D eigenvalue weighted by Gasteiger charge is 2.23. The van der Waals surface area contributed by atoms with Gasteiger partial charge in [-0.1, -0.05) is 6.07 Å². The largest absolute Gasteiger partial charge is 0.334 e. The second kappa shape index (κ2) is 5.92. The Morgan fingerprint density at radius 2 is 2.00 bits per heavy atom. The maximum absolute atomic E-state index is 12.9. The maximum atomic E-state index is 12.9. The SMILES string of the molecule is Cc1ncc2c(n1)CCN(C(=O)c1cccc(-n3cccc3)c1)C2. The number of aromatic nitrogens is 3. The van der Waals surface area contributed by atoms with Gasteiger partial charge < -0.3 is 9.47 Å². The third-order valence-corrected chi connectivity index (χ3v) is 4.34. The summed E-state index contributed by atoms with van der Waals surface area (Å²) >= 11 is 0. The predicted octanol–water partition coefficient (Wildman–Crippen LogP) is 2.77. The first-order valence-corrected chi connectivity index (χ1v) is 8.05. The summed E-state index contributed by atoms with van der Waals surface area (Å²) in [6.07, 6.45) is 6.57. The van der Waals surface area contributed by atoms with E-state index in [-0.39, 0.29) is 5.91 Å². The van der Waals surface area contributed by atoms with Crippen LogP contribution in [-0.4, -0.2) is 31.9 Å². The Kier molecular flexibility index (Phi) is 3.61. The summed E-state index contributed by atoms with van der Waals surface area (Å²) in [6, 6.07) is 11.7. The molecule has 0 atom stereocenters. The number of fused-ring (bicyclic) bond motifs is 1. The molecular formula is C19H18N4O. The van der Waals surface area contributed by atoms with Crippen LogP contribution in [0.1, 0.15) is 27.4 Å². The molecule has 0 fully saturated rings. The summed E-state index contributed by atoms with van der Waals surface area (Å²) in [4.78, 5) is 23.5. The van der Waals surface area contributed by atoms with Crippen LogP contribution in [0.3, 0.4) is 0 Å². The quantitative estimate of drug-likeness (QED) is 0.730. The molecule has 3 aromatic rings. The zero-order valence-electron chi connectivity index (χ0n) is 13.5. The molecule has 3 heterocycles. The molecule has 0 aliphatic carbocycles. The van der Waals surface area contributed by atoms with Gasteiger partial charge in [-0.2, -0.15) is 0 Å². The molecule has 0 spiro atoms. The molecule has 0 bridgehead atoms. The number of hydrogen-bond donors (Lipinski definition) is 0. The van der Waals surface area contributed by atoms with Crippen LogP contribution in [0.4, 0.5) is 0 Å². The van der Waals surface area contributed by atoms with Crippen LogP contribution in [0, 0.1) is 6.92 Å². The number of carbonyl (C=O) groups is 1. The van der Waals surface area contributed by atoms with E-state index in [1.807, 2.05) is 71.4 Å². The smallest absolute Gasteiger partial charge is 0.254 e. The van der Waals surface area contributed by atoms with Crippen LogP contribution in [0.15, 0.2) is 55.0 Å². The molecule has 120 valence electrons. The summed E-state index contributed by atoms with van der Waals surface area (Å²) < 4.78 is 2.00. The Hall–Kier alpha value is -2.95. The van der Waals surface area contributed by atoms with Crippen LogP contribution in [0.5, 0.6) is 0 Å². The second-order valence-corrected chi connectivity index (χ2v) is 6.01. The molecule has 5 heteroatoms. The maximum Gasteiger partial charge on any atom is 0.254 e. The summed E-state index contributed by atoms with van der Waals surface area (Å²) in [6.45, 7) is 3.16. The van der Waals surface area contributed by atoms with Crippen molar-refractivity contribution in [2.75, 3.05) is 6.54 Å². The van der Waals surface area contributed by atoms with Crippen LogP contribution in [0.25, 0.3) is 5.69 Å². The summed E-state index contributed by atoms with van der Waals surface area (Å²) in [5.41, 5.74) is 3.80. The van der Waals surface area contributed by atoms with Crippen molar-refractivity contribution in [1.29, 1.82) is 0 Å². The van der Waals surface area contributed by atoms with Gasteiger partial charge in [0.25, 0.3) is 5.91 Å². The Labute approximate surface area is 140 Å². The molecule has 1 aromatic carbocycles. The zero-order chi connectivity index (χ0) is 16.5. The Balaban J connectivity index is 1.58. The molecule has 1 aliphatic heterocycles. The Morgan fingerprint density at radius 1 is 1.17 bits per heavy atom. The van der Waals surface area contributed by atoms with Gasteiger partial charge in [-0.05, 0) is 37.3 Å². The van der Waals surface area contributed by atoms with Crippen LogP contribution < -0.4 is 0 Å². The number of rotatable bonds is 2. The van der Waals surface area contributed by atoms with Gasteiger partial charge in [0, 0.05) is 54.9 Å². The lowest BCUT2D eigenvalue weighted by Gasteiger charge is -2.28. The minimum atomic E-state index is 0.0511. The van der Waals surface area contributed by atoms with E-state index in [1.165, 1.54) is 0 Å². The first-order chi connectivity index (χ1) is 11.7. The molecule has 0 radical (unpaired) electrons. The van der Waals surface area contributed by atoms with E-state index in [0.717, 1.165) is 29.2 Å². The molecule has 0 saturated heterocycles. The lowest BCUT2D eigenvalue weighted by Crippen LogP contribution is -2.36. The van der Waals surface area contributed by atoms with E-state index in [0.29, 0.717) is 18.7 Å². The van der Waals surface area contributed by atoms with Gasteiger partial charge in [0.2, 0.25) is 0 Å². The average molecular weight is 318 g/mol. The molecular weight excluding hydrogens is 300 g/mol. The molecule has 2 aromatic heterocycles. The van der Waals surface area contributed by atoms with Crippen LogP contribution >= 0.6 is 0 Å². The van der Waals surface area contributed by atoms with Gasteiger partial charge in [0.05, 0.1) is 5.69 Å². The normalized spacial score (nSPS) is 13.6. The molecule has 4 rings (SSSR count). The summed E-state index contributed by atoms with van der Waals surface area (Å²) in [7, 11) is 0. The predicted molar refractivity (Wildman–Crippen MR) is 91.0 cm³/mol. The van der Waals surface area contributed by atoms with Gasteiger partial charge in [-0.3, -0.25) is 4.79 Å². The van der Waals surface area contributed by atoms with E-state index in [1.54, 1.807) is 0 Å². The lowest BCUT2D eigenvalue weighted by molar-refractivity contribution is 0.0733. The zero-order valence-corrected chi connectivity index (χ0v) is 13.5. The molecule has 1 aliphatic rings. The van der Waals surface area contributed by atoms with Crippen molar-refractivity contribution in [2.45, 2.75) is 19.9 Å². The van der Waals surface area contributed by atoms with E-state index in [9.17, 15) is 4.79 Å². The third-order valence-electron chi connectivity index (χ3n) is 4.34. The fourth-order valence-electron chi connectivity index (χ4n) is 3.08. The average Bonchev–Trinajstić information content (AvgIpc) is 3.15. The minimum Gasteiger partial charge on any atom is -0.334 e. The topological polar surface area (TPSA) is 51.0 Å². The first kappa shape index (κ1) is 14.6. The van der Waals surface area contributed by atoms with E-state index in [2.05, 4.69) is 9.97 Å². The van der Waals surface area contributed by atoms with Crippen molar-refractivity contribution in [3.05, 3.63) is 77.6 Å². The van der Waals surface area contributed by atoms with Gasteiger partial charge in [-0.25, -0.2) is 9.97 Å². The number of nitrogens with zero attached hydrogens (tertiary/aromatic N) is 4. The fourth-order valence-corrected chi connectivity index (χ4v) is 3.08. The van der Waals surface area contributed by atoms with E-state index in [4.69, 9.17) is 0 Å². The van der Waals surface area contributed by atoms with Gasteiger partial charge in [0.15, 0.2) is 0 Å². The lowest BCUT2D eigenvalue weighted by atomic mass is 10.1. The van der Waals surface area contributed by atoms with Crippen LogP contribution in [-0.2, 0) is 13.0 Å². The molecule has 0 unspecified atom stereocenters. The van der Waals surface area contributed by atoms with Crippen molar-refractivity contribution < 1.29 is 4.79 Å². The highest BCUT2D eigenvalue weighted by Crippen LogP contribution is 2.20. The highest BCUT2D eigenvalue weighted by atomic mass is 16.2. The van der Waals surface area contributed by atoms with Crippen molar-refractivity contribution in [3.8, 4) is 5.69 Å². The summed E-state index contributed by atoms with van der Waals surface area (Å²) in [5, 5.41) is 0. The number of hydrogen-bond acceptors (Lipinski definition) is 3. The molecule has 5 nitrogen and oxygen atoms in total. The second-order valence-electron chi connectivity index (χ2n) is 6.01. The monoisotopic (exact) mass is 318 g/mol. The van der Waals surface area contributed by atoms with Gasteiger partial charge in [-0.15, -0.1) is 0 Å². The van der Waals surface area contributed by atoms with Gasteiger partial charge >= 0.3 is 0 Å². The van der Waals surface area contributed by atoms with E-state index >= 15 is 0 Å². The molecule has 24 heavy (non-hydrogen) atoms. The highest BCUT2D eigenvalue weighted by molar-refractivity contribution is 5.94. The summed E-state index contributed by atoms with van der Waals surface area (Å²) in [5.74, 6) is 0.836. The third kappa shape index (κ3) is 2.69. The Morgan fingerprint density at radius 3 is 2.83 bits per heavy atom. The number of amides is 1. The number of aryl methyl sites for hydroxylation is 1. The fraction of sp³-hybridized carbons (Fsp3) is 0.211. The van der Waals surface area contributed by atoms with Crippen molar-refractivity contribution >= 4 is 5.91 Å². The first-order valence-electron chi connectivity index (χ1n) is 8.05. The number of carbonyl (C=O) groups excluding carboxylic acids is 1. The molecule has 0 saturated carbocycles. The van der Waals surface area contributed by atoms with Crippen LogP contribution in [0.2, 0.25) is 0 Å². The Bertz CT molecular complexity index is 886. The minimum absolute atomic E-state index is 0.0511. The van der Waals surface area contributed by atoms with E-state index < -0.39 is 0 Å².